The lowest BCUT2D eigenvalue weighted by Crippen LogP contribution is -2.55. The summed E-state index contributed by atoms with van der Waals surface area (Å²) in [7, 11) is 2.17. The molecular weight excluding hydrogens is 309 g/mol. The monoisotopic (exact) mass is 323 g/mol. The number of carbonyl (C=O) groups excluding carboxylic acids is 4. The van der Waals surface area contributed by atoms with Gasteiger partial charge in [0.25, 0.3) is 0 Å². The van der Waals surface area contributed by atoms with E-state index in [-0.39, 0.29) is 5.56 Å². The van der Waals surface area contributed by atoms with Crippen molar-refractivity contribution in [3.8, 4) is 0 Å². The van der Waals surface area contributed by atoms with Crippen molar-refractivity contribution in [3.63, 3.8) is 0 Å². The van der Waals surface area contributed by atoms with Gasteiger partial charge in [-0.3, -0.25) is 24.5 Å². The average molecular weight is 323 g/mol. The SMILES string of the molecule is COC(=O)[C@H]1C(=O)NC(=O)[C@@H](C(=O)OC)C1c1ccc(F)cc1. The van der Waals surface area contributed by atoms with Crippen LogP contribution in [0.15, 0.2) is 24.3 Å². The van der Waals surface area contributed by atoms with E-state index in [1.165, 1.54) is 12.1 Å². The highest BCUT2D eigenvalue weighted by Crippen LogP contribution is 2.37. The summed E-state index contributed by atoms with van der Waals surface area (Å²) >= 11 is 0. The van der Waals surface area contributed by atoms with Crippen molar-refractivity contribution < 1.29 is 33.0 Å². The minimum atomic E-state index is -1.42. The number of carbonyl (C=O) groups is 4. The van der Waals surface area contributed by atoms with Crippen LogP contribution < -0.4 is 5.32 Å². The van der Waals surface area contributed by atoms with Gasteiger partial charge in [-0.15, -0.1) is 0 Å². The fourth-order valence-corrected chi connectivity index (χ4v) is 2.63. The predicted molar refractivity (Wildman–Crippen MR) is 73.3 cm³/mol. The Kier molecular flexibility index (Phi) is 4.73. The predicted octanol–water partition coefficient (Wildman–Crippen LogP) is 0.144. The van der Waals surface area contributed by atoms with Crippen molar-refractivity contribution >= 4 is 23.8 Å². The van der Waals surface area contributed by atoms with Crippen LogP contribution in [0.25, 0.3) is 0 Å². The molecule has 1 unspecified atom stereocenters. The molecule has 0 aromatic heterocycles. The largest absolute Gasteiger partial charge is 0.468 e. The van der Waals surface area contributed by atoms with E-state index in [4.69, 9.17) is 0 Å². The second-order valence-electron chi connectivity index (χ2n) is 4.93. The number of benzene rings is 1. The first-order valence-corrected chi connectivity index (χ1v) is 6.66. The number of halogens is 1. The molecule has 7 nitrogen and oxygen atoms in total. The zero-order valence-electron chi connectivity index (χ0n) is 12.4. The van der Waals surface area contributed by atoms with Gasteiger partial charge in [-0.1, -0.05) is 12.1 Å². The zero-order chi connectivity index (χ0) is 17.1. The molecular formula is C15H14FNO6. The lowest BCUT2D eigenvalue weighted by Gasteiger charge is -2.33. The number of methoxy groups -OCH3 is 2. The molecule has 1 N–H and O–H groups in total. The molecule has 1 fully saturated rings. The van der Waals surface area contributed by atoms with E-state index in [0.717, 1.165) is 26.4 Å². The molecule has 1 saturated heterocycles. The fourth-order valence-electron chi connectivity index (χ4n) is 2.63. The molecule has 2 amide bonds. The van der Waals surface area contributed by atoms with Crippen LogP contribution in [0.2, 0.25) is 0 Å². The van der Waals surface area contributed by atoms with Crippen molar-refractivity contribution in [2.45, 2.75) is 5.92 Å². The summed E-state index contributed by atoms with van der Waals surface area (Å²) in [6.07, 6.45) is 0. The molecule has 3 atom stereocenters. The second kappa shape index (κ2) is 6.55. The molecule has 1 heterocycles. The van der Waals surface area contributed by atoms with Gasteiger partial charge in [0.1, 0.15) is 17.7 Å². The number of amides is 2. The van der Waals surface area contributed by atoms with Crippen LogP contribution in [-0.2, 0) is 28.7 Å². The third kappa shape index (κ3) is 3.05. The lowest BCUT2D eigenvalue weighted by molar-refractivity contribution is -0.161. The quantitative estimate of drug-likeness (QED) is 0.483. The third-order valence-corrected chi connectivity index (χ3v) is 3.69. The zero-order valence-corrected chi connectivity index (χ0v) is 12.4. The van der Waals surface area contributed by atoms with Crippen LogP contribution >= 0.6 is 0 Å². The molecule has 1 aliphatic rings. The van der Waals surface area contributed by atoms with Crippen LogP contribution in [-0.4, -0.2) is 38.0 Å². The summed E-state index contributed by atoms with van der Waals surface area (Å²) in [5.41, 5.74) is 0.278. The molecule has 0 bridgehead atoms. The third-order valence-electron chi connectivity index (χ3n) is 3.69. The Morgan fingerprint density at radius 3 is 1.78 bits per heavy atom. The summed E-state index contributed by atoms with van der Waals surface area (Å²) in [6.45, 7) is 0. The minimum Gasteiger partial charge on any atom is -0.468 e. The summed E-state index contributed by atoms with van der Waals surface area (Å²) in [6, 6.07) is 4.82. The van der Waals surface area contributed by atoms with E-state index in [1.54, 1.807) is 0 Å². The molecule has 0 aliphatic carbocycles. The van der Waals surface area contributed by atoms with E-state index in [1.807, 2.05) is 5.32 Å². The summed E-state index contributed by atoms with van der Waals surface area (Å²) in [4.78, 5) is 48.0. The second-order valence-corrected chi connectivity index (χ2v) is 4.93. The molecule has 122 valence electrons. The van der Waals surface area contributed by atoms with Crippen LogP contribution in [0.5, 0.6) is 0 Å². The lowest BCUT2D eigenvalue weighted by atomic mass is 9.73. The van der Waals surface area contributed by atoms with Crippen LogP contribution in [0.3, 0.4) is 0 Å². The molecule has 0 radical (unpaired) electrons. The number of rotatable bonds is 3. The van der Waals surface area contributed by atoms with Gasteiger partial charge >= 0.3 is 11.9 Å². The highest BCUT2D eigenvalue weighted by atomic mass is 19.1. The number of hydrogen-bond donors (Lipinski definition) is 1. The van der Waals surface area contributed by atoms with Crippen LogP contribution in [0, 0.1) is 17.7 Å². The highest BCUT2D eigenvalue weighted by Gasteiger charge is 2.52. The van der Waals surface area contributed by atoms with Crippen LogP contribution in [0.4, 0.5) is 4.39 Å². The molecule has 2 rings (SSSR count). The Bertz CT molecular complexity index is 622. The molecule has 1 aromatic rings. The van der Waals surface area contributed by atoms with E-state index in [9.17, 15) is 23.6 Å². The smallest absolute Gasteiger partial charge is 0.318 e. The Morgan fingerprint density at radius 2 is 1.39 bits per heavy atom. The number of nitrogens with one attached hydrogen (secondary N) is 1. The van der Waals surface area contributed by atoms with Crippen molar-refractivity contribution in [2.24, 2.45) is 11.8 Å². The summed E-state index contributed by atoms with van der Waals surface area (Å²) in [5.74, 6) is -8.09. The average Bonchev–Trinajstić information content (AvgIpc) is 2.53. The van der Waals surface area contributed by atoms with Gasteiger partial charge in [0.2, 0.25) is 11.8 Å². The van der Waals surface area contributed by atoms with Gasteiger partial charge in [0.05, 0.1) is 14.2 Å². The van der Waals surface area contributed by atoms with E-state index in [0.29, 0.717) is 0 Å². The molecule has 0 saturated carbocycles. The summed E-state index contributed by atoms with van der Waals surface area (Å²) in [5, 5.41) is 1.97. The number of imide groups is 1. The normalized spacial score (nSPS) is 23.9. The van der Waals surface area contributed by atoms with Gasteiger partial charge < -0.3 is 9.47 Å². The fraction of sp³-hybridized carbons (Fsp3) is 0.333. The maximum absolute atomic E-state index is 13.1. The van der Waals surface area contributed by atoms with Gasteiger partial charge in [0, 0.05) is 5.92 Å². The highest BCUT2D eigenvalue weighted by molar-refractivity contribution is 6.14. The summed E-state index contributed by atoms with van der Waals surface area (Å²) < 4.78 is 22.3. The topological polar surface area (TPSA) is 98.8 Å². The number of esters is 2. The van der Waals surface area contributed by atoms with Gasteiger partial charge in [0.15, 0.2) is 0 Å². The molecule has 23 heavy (non-hydrogen) atoms. The van der Waals surface area contributed by atoms with E-state index < -0.39 is 47.3 Å². The molecule has 1 aromatic carbocycles. The van der Waals surface area contributed by atoms with Gasteiger partial charge in [-0.25, -0.2) is 4.39 Å². The van der Waals surface area contributed by atoms with Crippen LogP contribution in [0.1, 0.15) is 11.5 Å². The maximum Gasteiger partial charge on any atom is 0.318 e. The van der Waals surface area contributed by atoms with E-state index >= 15 is 0 Å². The first kappa shape index (κ1) is 16.6. The standard InChI is InChI=1S/C15H14FNO6/c1-22-14(20)10-9(7-3-5-8(16)6-4-7)11(15(21)23-2)13(19)17-12(10)18/h3-6,9-11H,1-2H3,(H,17,18,19)/t9?,10-,11+. The van der Waals surface area contributed by atoms with Gasteiger partial charge in [-0.2, -0.15) is 0 Å². The van der Waals surface area contributed by atoms with E-state index in [2.05, 4.69) is 9.47 Å². The molecule has 0 spiro atoms. The molecule has 1 aliphatic heterocycles. The van der Waals surface area contributed by atoms with Gasteiger partial charge in [-0.05, 0) is 17.7 Å². The Labute approximate surface area is 130 Å². The van der Waals surface area contributed by atoms with Crippen molar-refractivity contribution in [2.75, 3.05) is 14.2 Å². The number of piperidine rings is 1. The number of hydrogen-bond acceptors (Lipinski definition) is 6. The first-order chi connectivity index (χ1) is 10.9. The minimum absolute atomic E-state index is 0.278. The first-order valence-electron chi connectivity index (χ1n) is 6.66. The van der Waals surface area contributed by atoms with Crippen molar-refractivity contribution in [3.05, 3.63) is 35.6 Å². The Morgan fingerprint density at radius 1 is 0.957 bits per heavy atom. The van der Waals surface area contributed by atoms with Crippen molar-refractivity contribution in [1.82, 2.24) is 5.32 Å². The Hall–Kier alpha value is -2.77. The Balaban J connectivity index is 2.57. The van der Waals surface area contributed by atoms with Crippen molar-refractivity contribution in [1.29, 1.82) is 0 Å². The maximum atomic E-state index is 13.1. The number of ether oxygens (including phenoxy) is 2. The molecule has 8 heteroatoms.